The van der Waals surface area contributed by atoms with Crippen molar-refractivity contribution >= 4 is 44.4 Å². The Labute approximate surface area is 233 Å². The third-order valence-corrected chi connectivity index (χ3v) is 7.99. The number of nitrogens with two attached hydrogens (primary N) is 1. The van der Waals surface area contributed by atoms with Gasteiger partial charge in [-0.25, -0.2) is 22.6 Å². The summed E-state index contributed by atoms with van der Waals surface area (Å²) in [7, 11) is -1.64. The number of rotatable bonds is 8. The van der Waals surface area contributed by atoms with Crippen molar-refractivity contribution in [3.8, 4) is 16.9 Å². The maximum atomic E-state index is 11.8. The summed E-state index contributed by atoms with van der Waals surface area (Å²) in [4.78, 5) is 4.60. The Morgan fingerprint density at radius 2 is 1.95 bits per heavy atom. The summed E-state index contributed by atoms with van der Waals surface area (Å²) in [5, 5.41) is 8.77. The molecule has 2 aromatic carbocycles. The molecule has 204 valence electrons. The number of sulfonamides is 1. The smallest absolute Gasteiger partial charge is 0.208 e. The number of aryl methyl sites for hydroxylation is 1. The molecular formula is C28H31ClN6O3S. The van der Waals surface area contributed by atoms with Gasteiger partial charge in [-0.05, 0) is 67.6 Å². The van der Waals surface area contributed by atoms with Crippen LogP contribution >= 0.6 is 11.6 Å². The van der Waals surface area contributed by atoms with Crippen LogP contribution in [0.2, 0.25) is 5.02 Å². The molecule has 1 saturated carbocycles. The summed E-state index contributed by atoms with van der Waals surface area (Å²) in [6, 6.07) is 15.2. The summed E-state index contributed by atoms with van der Waals surface area (Å²) in [6.07, 6.45) is 7.04. The lowest BCUT2D eigenvalue weighted by Gasteiger charge is -2.19. The first-order valence-corrected chi connectivity index (χ1v) is 14.9. The number of methoxy groups -OCH3 is 1. The third-order valence-electron chi connectivity index (χ3n) is 6.91. The first kappa shape index (κ1) is 27.0. The zero-order valence-electron chi connectivity index (χ0n) is 22.0. The molecule has 0 amide bonds. The normalized spacial score (nSPS) is 18.0. The van der Waals surface area contributed by atoms with Crippen molar-refractivity contribution in [1.82, 2.24) is 14.3 Å². The molecule has 1 fully saturated rings. The molecule has 0 spiro atoms. The van der Waals surface area contributed by atoms with E-state index in [0.717, 1.165) is 46.5 Å². The molecule has 1 aliphatic carbocycles. The van der Waals surface area contributed by atoms with E-state index in [4.69, 9.17) is 22.1 Å². The van der Waals surface area contributed by atoms with Crippen molar-refractivity contribution in [2.45, 2.75) is 38.3 Å². The fourth-order valence-corrected chi connectivity index (χ4v) is 6.09. The number of nitrogens with one attached hydrogen (secondary N) is 2. The van der Waals surface area contributed by atoms with Gasteiger partial charge >= 0.3 is 0 Å². The number of amidine groups is 1. The van der Waals surface area contributed by atoms with Crippen molar-refractivity contribution < 1.29 is 13.2 Å². The Kier molecular flexibility index (Phi) is 7.53. The second kappa shape index (κ2) is 10.9. The SMILES string of the molecule is COc1ccc(-c2cc3c(N[C@@H]4CC[C@H](NS(C)(=O)=O)C4)c(/C(N)=N/c4ccccc4Cl)cnn3c2)c(C)c1. The Morgan fingerprint density at radius 1 is 1.18 bits per heavy atom. The number of para-hydroxylation sites is 1. The number of nitrogens with zero attached hydrogens (tertiary/aromatic N) is 3. The molecule has 9 nitrogen and oxygen atoms in total. The fourth-order valence-electron chi connectivity index (χ4n) is 5.10. The number of anilines is 1. The monoisotopic (exact) mass is 566 g/mol. The Hall–Kier alpha value is -3.60. The van der Waals surface area contributed by atoms with Gasteiger partial charge in [-0.15, -0.1) is 0 Å². The topological polar surface area (TPSA) is 123 Å². The van der Waals surface area contributed by atoms with Crippen molar-refractivity contribution in [2.24, 2.45) is 10.7 Å². The molecule has 4 aromatic rings. The number of benzene rings is 2. The number of hydrogen-bond donors (Lipinski definition) is 3. The van der Waals surface area contributed by atoms with E-state index in [2.05, 4.69) is 26.2 Å². The van der Waals surface area contributed by atoms with E-state index >= 15 is 0 Å². The van der Waals surface area contributed by atoms with E-state index in [1.54, 1.807) is 25.4 Å². The Morgan fingerprint density at radius 3 is 2.67 bits per heavy atom. The van der Waals surface area contributed by atoms with Gasteiger partial charge in [0.2, 0.25) is 10.0 Å². The first-order chi connectivity index (χ1) is 18.6. The highest BCUT2D eigenvalue weighted by Crippen LogP contribution is 2.34. The lowest BCUT2D eigenvalue weighted by atomic mass is 10.0. The largest absolute Gasteiger partial charge is 0.497 e. The summed E-state index contributed by atoms with van der Waals surface area (Å²) in [5.41, 5.74) is 12.5. The van der Waals surface area contributed by atoms with E-state index in [-0.39, 0.29) is 17.9 Å². The Balaban J connectivity index is 1.58. The maximum Gasteiger partial charge on any atom is 0.208 e. The van der Waals surface area contributed by atoms with Crippen LogP contribution in [-0.2, 0) is 10.0 Å². The molecule has 0 saturated heterocycles. The number of hydrogen-bond acceptors (Lipinski definition) is 6. The van der Waals surface area contributed by atoms with Gasteiger partial charge in [0.1, 0.15) is 11.6 Å². The molecule has 11 heteroatoms. The average Bonchev–Trinajstić information content (AvgIpc) is 3.51. The number of aliphatic imine (C=N–C) groups is 1. The Bertz CT molecular complexity index is 1670. The van der Waals surface area contributed by atoms with E-state index in [0.29, 0.717) is 22.7 Å². The van der Waals surface area contributed by atoms with Crippen LogP contribution < -0.4 is 20.5 Å². The lowest BCUT2D eigenvalue weighted by molar-refractivity contribution is 0.414. The highest BCUT2D eigenvalue weighted by Gasteiger charge is 2.28. The zero-order valence-corrected chi connectivity index (χ0v) is 23.6. The van der Waals surface area contributed by atoms with Crippen LogP contribution in [0.25, 0.3) is 16.6 Å². The van der Waals surface area contributed by atoms with Crippen molar-refractivity contribution in [2.75, 3.05) is 18.7 Å². The summed E-state index contributed by atoms with van der Waals surface area (Å²) >= 11 is 6.34. The molecule has 0 bridgehead atoms. The van der Waals surface area contributed by atoms with Crippen LogP contribution in [0.5, 0.6) is 5.75 Å². The molecule has 0 aliphatic heterocycles. The van der Waals surface area contributed by atoms with Crippen molar-refractivity contribution in [3.63, 3.8) is 0 Å². The molecule has 2 aromatic heterocycles. The molecule has 39 heavy (non-hydrogen) atoms. The van der Waals surface area contributed by atoms with E-state index in [1.807, 2.05) is 48.0 Å². The van der Waals surface area contributed by atoms with Gasteiger partial charge < -0.3 is 15.8 Å². The highest BCUT2D eigenvalue weighted by molar-refractivity contribution is 7.88. The van der Waals surface area contributed by atoms with Crippen LogP contribution in [0.15, 0.2) is 65.9 Å². The molecule has 1 aliphatic rings. The average molecular weight is 567 g/mol. The fraction of sp³-hybridized carbons (Fsp3) is 0.286. The molecule has 2 atom stereocenters. The van der Waals surface area contributed by atoms with E-state index in [9.17, 15) is 8.42 Å². The quantitative estimate of drug-likeness (QED) is 0.206. The molecule has 5 rings (SSSR count). The van der Waals surface area contributed by atoms with Gasteiger partial charge in [0.05, 0.1) is 47.0 Å². The van der Waals surface area contributed by atoms with Crippen LogP contribution in [0.3, 0.4) is 0 Å². The number of halogens is 1. The van der Waals surface area contributed by atoms with Crippen LogP contribution in [0.1, 0.15) is 30.4 Å². The minimum absolute atomic E-state index is 0.0309. The number of fused-ring (bicyclic) bond motifs is 1. The van der Waals surface area contributed by atoms with Gasteiger partial charge in [0.15, 0.2) is 0 Å². The predicted octanol–water partition coefficient (Wildman–Crippen LogP) is 4.89. The van der Waals surface area contributed by atoms with E-state index in [1.165, 1.54) is 6.26 Å². The lowest BCUT2D eigenvalue weighted by Crippen LogP contribution is -2.33. The second-order valence-electron chi connectivity index (χ2n) is 9.86. The van der Waals surface area contributed by atoms with Gasteiger partial charge in [-0.3, -0.25) is 0 Å². The molecular weight excluding hydrogens is 536 g/mol. The van der Waals surface area contributed by atoms with E-state index < -0.39 is 10.0 Å². The second-order valence-corrected chi connectivity index (χ2v) is 12.0. The zero-order chi connectivity index (χ0) is 27.7. The number of aromatic nitrogens is 2. The minimum atomic E-state index is -3.29. The van der Waals surface area contributed by atoms with Crippen LogP contribution in [-0.4, -0.2) is 49.3 Å². The highest BCUT2D eigenvalue weighted by atomic mass is 35.5. The molecule has 0 radical (unpaired) electrons. The van der Waals surface area contributed by atoms with Crippen molar-refractivity contribution in [3.05, 3.63) is 77.1 Å². The van der Waals surface area contributed by atoms with Gasteiger partial charge in [0, 0.05) is 23.8 Å². The first-order valence-electron chi connectivity index (χ1n) is 12.6. The third kappa shape index (κ3) is 6.03. The summed E-state index contributed by atoms with van der Waals surface area (Å²) < 4.78 is 33.5. The van der Waals surface area contributed by atoms with Gasteiger partial charge in [-0.1, -0.05) is 29.8 Å². The van der Waals surface area contributed by atoms with Crippen molar-refractivity contribution in [1.29, 1.82) is 0 Å². The van der Waals surface area contributed by atoms with Gasteiger partial charge in [0.25, 0.3) is 0 Å². The minimum Gasteiger partial charge on any atom is -0.497 e. The maximum absolute atomic E-state index is 11.8. The van der Waals surface area contributed by atoms with Crippen LogP contribution in [0, 0.1) is 6.92 Å². The summed E-state index contributed by atoms with van der Waals surface area (Å²) in [5.74, 6) is 1.07. The van der Waals surface area contributed by atoms with Crippen LogP contribution in [0.4, 0.5) is 11.4 Å². The standard InChI is InChI=1S/C28H31ClN6O3S/c1-17-12-21(38-2)10-11-22(17)18-13-26-27(32-19-8-9-20(14-19)34-39(3,36)37)23(15-31-35(26)16-18)28(30)33-25-7-5-4-6-24(25)29/h4-7,10-13,15-16,19-20,32,34H,8-9,14H2,1-3H3,(H2,30,33)/t19-,20+/m1/s1. The molecule has 2 heterocycles. The van der Waals surface area contributed by atoms with Gasteiger partial charge in [-0.2, -0.15) is 5.10 Å². The molecule has 4 N–H and O–H groups in total. The predicted molar refractivity (Wildman–Crippen MR) is 157 cm³/mol. The number of ether oxygens (including phenoxy) is 1. The molecule has 0 unspecified atom stereocenters. The summed E-state index contributed by atoms with van der Waals surface area (Å²) in [6.45, 7) is 2.04.